The predicted molar refractivity (Wildman–Crippen MR) is 86.2 cm³/mol. The lowest BCUT2D eigenvalue weighted by molar-refractivity contribution is -0.384. The summed E-state index contributed by atoms with van der Waals surface area (Å²) >= 11 is 0. The van der Waals surface area contributed by atoms with Gasteiger partial charge in [0.15, 0.2) is 6.10 Å². The number of para-hydroxylation sites is 1. The number of hydrogen-bond acceptors (Lipinski definition) is 5. The van der Waals surface area contributed by atoms with E-state index in [9.17, 15) is 14.9 Å². The number of carbonyl (C=O) groups excluding carboxylic acids is 1. The largest absolute Gasteiger partial charge is 0.492 e. The number of carbonyl (C=O) groups is 1. The number of nitro groups is 1. The van der Waals surface area contributed by atoms with Gasteiger partial charge in [-0.3, -0.25) is 14.9 Å². The van der Waals surface area contributed by atoms with E-state index in [4.69, 9.17) is 9.47 Å². The van der Waals surface area contributed by atoms with Crippen molar-refractivity contribution in [1.29, 1.82) is 0 Å². The molecule has 0 unspecified atom stereocenters. The van der Waals surface area contributed by atoms with Crippen LogP contribution in [0.15, 0.2) is 48.5 Å². The van der Waals surface area contributed by atoms with Gasteiger partial charge in [0, 0.05) is 18.6 Å². The summed E-state index contributed by atoms with van der Waals surface area (Å²) in [6.45, 7) is 0.593. The van der Waals surface area contributed by atoms with E-state index in [1.54, 1.807) is 0 Å². The third kappa shape index (κ3) is 3.62. The molecule has 0 saturated carbocycles. The molecule has 1 amide bonds. The molecular formula is C17H16N2O5. The molecule has 1 atom stereocenters. The van der Waals surface area contributed by atoms with Crippen LogP contribution in [0.1, 0.15) is 5.56 Å². The number of amides is 1. The second-order valence-corrected chi connectivity index (χ2v) is 5.31. The topological polar surface area (TPSA) is 90.7 Å². The molecule has 1 N–H and O–H groups in total. The van der Waals surface area contributed by atoms with Crippen LogP contribution in [-0.2, 0) is 11.2 Å². The molecule has 0 radical (unpaired) electrons. The van der Waals surface area contributed by atoms with Crippen LogP contribution < -0.4 is 14.8 Å². The number of nitro benzene ring substituents is 1. The van der Waals surface area contributed by atoms with E-state index >= 15 is 0 Å². The van der Waals surface area contributed by atoms with Crippen molar-refractivity contribution in [1.82, 2.24) is 5.32 Å². The maximum atomic E-state index is 12.1. The first kappa shape index (κ1) is 15.8. The monoisotopic (exact) mass is 328 g/mol. The van der Waals surface area contributed by atoms with E-state index in [2.05, 4.69) is 5.32 Å². The fourth-order valence-electron chi connectivity index (χ4n) is 2.45. The van der Waals surface area contributed by atoms with Gasteiger partial charge in [-0.1, -0.05) is 18.2 Å². The second kappa shape index (κ2) is 6.99. The van der Waals surface area contributed by atoms with Crippen molar-refractivity contribution in [3.8, 4) is 11.5 Å². The van der Waals surface area contributed by atoms with Gasteiger partial charge < -0.3 is 14.8 Å². The molecule has 0 fully saturated rings. The summed E-state index contributed by atoms with van der Waals surface area (Å²) < 4.78 is 11.0. The normalized spacial score (nSPS) is 15.2. The summed E-state index contributed by atoms with van der Waals surface area (Å²) in [7, 11) is 0. The quantitative estimate of drug-likeness (QED) is 0.498. The second-order valence-electron chi connectivity index (χ2n) is 5.31. The third-order valence-corrected chi connectivity index (χ3v) is 3.66. The van der Waals surface area contributed by atoms with Crippen molar-refractivity contribution < 1.29 is 19.2 Å². The zero-order valence-corrected chi connectivity index (χ0v) is 12.8. The molecule has 0 aliphatic carbocycles. The van der Waals surface area contributed by atoms with Crippen LogP contribution in [0.3, 0.4) is 0 Å². The summed E-state index contributed by atoms with van der Waals surface area (Å²) in [6, 6.07) is 13.4. The lowest BCUT2D eigenvalue weighted by Gasteiger charge is -2.12. The minimum absolute atomic E-state index is 0.00796. The predicted octanol–water partition coefficient (Wildman–Crippen LogP) is 2.09. The van der Waals surface area contributed by atoms with Gasteiger partial charge in [0.25, 0.3) is 11.6 Å². The van der Waals surface area contributed by atoms with Crippen LogP contribution in [-0.4, -0.2) is 30.1 Å². The summed E-state index contributed by atoms with van der Waals surface area (Å²) in [6.07, 6.45) is 0.0485. The highest BCUT2D eigenvalue weighted by molar-refractivity contribution is 5.82. The van der Waals surface area contributed by atoms with Gasteiger partial charge in [0.05, 0.1) is 11.5 Å². The van der Waals surface area contributed by atoms with E-state index in [-0.39, 0.29) is 18.2 Å². The first-order valence-electron chi connectivity index (χ1n) is 7.53. The Kier molecular flexibility index (Phi) is 4.60. The molecule has 3 rings (SSSR count). The van der Waals surface area contributed by atoms with Gasteiger partial charge >= 0.3 is 0 Å². The van der Waals surface area contributed by atoms with Gasteiger partial charge in [-0.05, 0) is 23.8 Å². The number of nitrogens with one attached hydrogen (secondary N) is 1. The number of hydrogen-bond donors (Lipinski definition) is 1. The highest BCUT2D eigenvalue weighted by Crippen LogP contribution is 2.28. The molecule has 0 saturated heterocycles. The molecule has 7 nitrogen and oxygen atoms in total. The third-order valence-electron chi connectivity index (χ3n) is 3.66. The van der Waals surface area contributed by atoms with Crippen LogP contribution >= 0.6 is 0 Å². The van der Waals surface area contributed by atoms with Crippen molar-refractivity contribution in [2.75, 3.05) is 13.2 Å². The maximum absolute atomic E-state index is 12.1. The zero-order chi connectivity index (χ0) is 16.9. The molecule has 124 valence electrons. The van der Waals surface area contributed by atoms with Crippen molar-refractivity contribution in [3.63, 3.8) is 0 Å². The Morgan fingerprint density at radius 3 is 2.71 bits per heavy atom. The number of nitrogens with zero attached hydrogens (tertiary/aromatic N) is 1. The standard InChI is InChI=1S/C17H16N2O5/c20-17(16-11-12-3-1-2-4-15(12)24-16)18-9-10-23-14-7-5-13(6-8-14)19(21)22/h1-8,16H,9-11H2,(H,18,20)/t16-/m1/s1. The molecule has 1 heterocycles. The molecule has 2 aromatic rings. The Morgan fingerprint density at radius 1 is 1.25 bits per heavy atom. The van der Waals surface area contributed by atoms with E-state index in [0.717, 1.165) is 11.3 Å². The zero-order valence-electron chi connectivity index (χ0n) is 12.8. The number of non-ortho nitro benzene ring substituents is 1. The summed E-state index contributed by atoms with van der Waals surface area (Å²) in [5, 5.41) is 13.3. The number of ether oxygens (including phenoxy) is 2. The van der Waals surface area contributed by atoms with Crippen LogP contribution in [0.2, 0.25) is 0 Å². The summed E-state index contributed by atoms with van der Waals surface area (Å²) in [4.78, 5) is 22.2. The molecule has 1 aliphatic heterocycles. The molecule has 2 aromatic carbocycles. The first-order chi connectivity index (χ1) is 11.6. The number of fused-ring (bicyclic) bond motifs is 1. The number of rotatable bonds is 6. The van der Waals surface area contributed by atoms with Crippen LogP contribution in [0, 0.1) is 10.1 Å². The molecule has 1 aliphatic rings. The van der Waals surface area contributed by atoms with Gasteiger partial charge in [-0.2, -0.15) is 0 Å². The lowest BCUT2D eigenvalue weighted by Crippen LogP contribution is -2.39. The van der Waals surface area contributed by atoms with Gasteiger partial charge in [-0.15, -0.1) is 0 Å². The molecule has 24 heavy (non-hydrogen) atoms. The Balaban J connectivity index is 1.41. The SMILES string of the molecule is O=C(NCCOc1ccc([N+](=O)[O-])cc1)[C@H]1Cc2ccccc2O1. The highest BCUT2D eigenvalue weighted by Gasteiger charge is 2.28. The molecular weight excluding hydrogens is 312 g/mol. The van der Waals surface area contributed by atoms with Gasteiger partial charge in [-0.25, -0.2) is 0 Å². The summed E-state index contributed by atoms with van der Waals surface area (Å²) in [5.41, 5.74) is 1.04. The maximum Gasteiger partial charge on any atom is 0.269 e. The van der Waals surface area contributed by atoms with E-state index in [1.807, 2.05) is 24.3 Å². The molecule has 7 heteroatoms. The van der Waals surface area contributed by atoms with Gasteiger partial charge in [0.1, 0.15) is 18.1 Å². The lowest BCUT2D eigenvalue weighted by atomic mass is 10.1. The smallest absolute Gasteiger partial charge is 0.269 e. The minimum atomic E-state index is -0.512. The fraction of sp³-hybridized carbons (Fsp3) is 0.235. The molecule has 0 spiro atoms. The minimum Gasteiger partial charge on any atom is -0.492 e. The van der Waals surface area contributed by atoms with E-state index < -0.39 is 11.0 Å². The van der Waals surface area contributed by atoms with E-state index in [1.165, 1.54) is 24.3 Å². The highest BCUT2D eigenvalue weighted by atomic mass is 16.6. The Bertz CT molecular complexity index is 720. The average molecular weight is 328 g/mol. The van der Waals surface area contributed by atoms with Crippen molar-refractivity contribution in [3.05, 3.63) is 64.2 Å². The Hall–Kier alpha value is -3.09. The van der Waals surface area contributed by atoms with Crippen molar-refractivity contribution in [2.45, 2.75) is 12.5 Å². The molecule has 0 bridgehead atoms. The van der Waals surface area contributed by atoms with Crippen LogP contribution in [0.5, 0.6) is 11.5 Å². The van der Waals surface area contributed by atoms with Crippen molar-refractivity contribution >= 4 is 11.6 Å². The molecule has 0 aromatic heterocycles. The van der Waals surface area contributed by atoms with Crippen LogP contribution in [0.25, 0.3) is 0 Å². The summed E-state index contributed by atoms with van der Waals surface area (Å²) in [5.74, 6) is 1.08. The van der Waals surface area contributed by atoms with Gasteiger partial charge in [0.2, 0.25) is 0 Å². The average Bonchev–Trinajstić information content (AvgIpc) is 3.03. The first-order valence-corrected chi connectivity index (χ1v) is 7.53. The van der Waals surface area contributed by atoms with Crippen LogP contribution in [0.4, 0.5) is 5.69 Å². The fourth-order valence-corrected chi connectivity index (χ4v) is 2.45. The Morgan fingerprint density at radius 2 is 2.00 bits per heavy atom. The van der Waals surface area contributed by atoms with E-state index in [0.29, 0.717) is 18.7 Å². The van der Waals surface area contributed by atoms with Crippen molar-refractivity contribution in [2.24, 2.45) is 0 Å². The Labute approximate surface area is 138 Å². The number of benzene rings is 2.